The van der Waals surface area contributed by atoms with E-state index in [2.05, 4.69) is 61.0 Å². The Morgan fingerprint density at radius 1 is 0.927 bits per heavy atom. The second kappa shape index (κ2) is 10.7. The summed E-state index contributed by atoms with van der Waals surface area (Å²) in [6, 6.07) is 14.8. The molecule has 0 aliphatic carbocycles. The van der Waals surface area contributed by atoms with Crippen LogP contribution in [0.15, 0.2) is 61.2 Å². The molecule has 0 unspecified atom stereocenters. The zero-order valence-electron chi connectivity index (χ0n) is 23.1. The lowest BCUT2D eigenvalue weighted by atomic mass is 10.0. The van der Waals surface area contributed by atoms with Crippen molar-refractivity contribution in [3.8, 4) is 34.3 Å². The van der Waals surface area contributed by atoms with E-state index in [1.165, 1.54) is 11.3 Å². The lowest BCUT2D eigenvalue weighted by Gasteiger charge is -2.23. The third kappa shape index (κ3) is 4.89. The van der Waals surface area contributed by atoms with Crippen LogP contribution in [0.25, 0.3) is 27.9 Å². The highest BCUT2D eigenvalue weighted by molar-refractivity contribution is 5.87. The van der Waals surface area contributed by atoms with E-state index in [1.807, 2.05) is 24.7 Å². The van der Waals surface area contributed by atoms with Gasteiger partial charge in [0.05, 0.1) is 30.1 Å². The van der Waals surface area contributed by atoms with E-state index in [0.717, 1.165) is 92.2 Å². The Morgan fingerprint density at radius 3 is 2.66 bits per heavy atom. The average Bonchev–Trinajstić information content (AvgIpc) is 3.69. The smallest absolute Gasteiger partial charge is 0.212 e. The molecule has 0 N–H and O–H groups in total. The SMILES string of the molecule is COc1ccc(CN2CCCN(c3ccc(-c4cc(-c5cc6n(n5)CCC6)cn5ncc(C#N)c45)cn3)CC2)cn1. The van der Waals surface area contributed by atoms with E-state index in [0.29, 0.717) is 11.4 Å². The highest BCUT2D eigenvalue weighted by atomic mass is 16.5. The van der Waals surface area contributed by atoms with Gasteiger partial charge in [-0.3, -0.25) is 9.58 Å². The fourth-order valence-electron chi connectivity index (χ4n) is 5.94. The fourth-order valence-corrected chi connectivity index (χ4v) is 5.94. The molecule has 0 bridgehead atoms. The molecule has 7 rings (SSSR count). The van der Waals surface area contributed by atoms with Crippen LogP contribution < -0.4 is 9.64 Å². The molecule has 41 heavy (non-hydrogen) atoms. The summed E-state index contributed by atoms with van der Waals surface area (Å²) < 4.78 is 9.07. The molecule has 1 fully saturated rings. The zero-order chi connectivity index (χ0) is 27.8. The van der Waals surface area contributed by atoms with Crippen LogP contribution in [0.4, 0.5) is 5.82 Å². The molecule has 2 aliphatic rings. The number of ether oxygens (including phenoxy) is 1. The maximum atomic E-state index is 9.79. The number of fused-ring (bicyclic) bond motifs is 2. The number of aryl methyl sites for hydroxylation is 2. The van der Waals surface area contributed by atoms with Crippen LogP contribution in [0.5, 0.6) is 5.88 Å². The molecule has 0 amide bonds. The molecule has 206 valence electrons. The first-order valence-electron chi connectivity index (χ1n) is 14.1. The van der Waals surface area contributed by atoms with Gasteiger partial charge >= 0.3 is 0 Å². The molecule has 0 atom stereocenters. The van der Waals surface area contributed by atoms with Gasteiger partial charge in [-0.15, -0.1) is 0 Å². The van der Waals surface area contributed by atoms with Crippen LogP contribution in [0.3, 0.4) is 0 Å². The van der Waals surface area contributed by atoms with Gasteiger partial charge in [0.15, 0.2) is 0 Å². The standard InChI is InChI=1S/C31H31N9O/c1-41-30-8-5-22(17-34-30)20-37-9-3-10-38(13-12-37)29-7-6-23(18-33-29)27-14-24(21-40-31(27)25(16-32)19-35-40)28-15-26-4-2-11-39(26)36-28/h5-8,14-15,17-19,21H,2-4,9-13,20H2,1H3. The Kier molecular flexibility index (Phi) is 6.57. The molecule has 0 spiro atoms. The van der Waals surface area contributed by atoms with Gasteiger partial charge in [-0.25, -0.2) is 14.5 Å². The third-order valence-electron chi connectivity index (χ3n) is 8.08. The number of nitriles is 1. The third-order valence-corrected chi connectivity index (χ3v) is 8.08. The van der Waals surface area contributed by atoms with Gasteiger partial charge in [0.1, 0.15) is 11.9 Å². The number of methoxy groups -OCH3 is 1. The normalized spacial score (nSPS) is 15.6. The van der Waals surface area contributed by atoms with Gasteiger partial charge in [-0.2, -0.15) is 15.5 Å². The number of nitrogens with zero attached hydrogens (tertiary/aromatic N) is 9. The van der Waals surface area contributed by atoms with E-state index in [4.69, 9.17) is 14.8 Å². The first-order valence-corrected chi connectivity index (χ1v) is 14.1. The minimum absolute atomic E-state index is 0.544. The minimum atomic E-state index is 0.544. The summed E-state index contributed by atoms with van der Waals surface area (Å²) in [4.78, 5) is 14.1. The Labute approximate surface area is 238 Å². The van der Waals surface area contributed by atoms with Crippen LogP contribution in [0.2, 0.25) is 0 Å². The van der Waals surface area contributed by atoms with E-state index < -0.39 is 0 Å². The summed E-state index contributed by atoms with van der Waals surface area (Å²) in [5.74, 6) is 1.60. The Morgan fingerprint density at radius 2 is 1.88 bits per heavy atom. The van der Waals surface area contributed by atoms with Crippen molar-refractivity contribution in [3.05, 3.63) is 78.0 Å². The maximum absolute atomic E-state index is 9.79. The molecule has 1 saturated heterocycles. The van der Waals surface area contributed by atoms with E-state index in [1.54, 1.807) is 17.8 Å². The summed E-state index contributed by atoms with van der Waals surface area (Å²) in [5.41, 5.74) is 7.58. The molecule has 5 aromatic heterocycles. The summed E-state index contributed by atoms with van der Waals surface area (Å²) >= 11 is 0. The highest BCUT2D eigenvalue weighted by Crippen LogP contribution is 2.33. The first-order chi connectivity index (χ1) is 20.2. The molecule has 10 nitrogen and oxygen atoms in total. The second-order valence-corrected chi connectivity index (χ2v) is 10.7. The minimum Gasteiger partial charge on any atom is -0.481 e. The number of hydrogen-bond donors (Lipinski definition) is 0. The van der Waals surface area contributed by atoms with Crippen molar-refractivity contribution >= 4 is 11.3 Å². The predicted octanol–water partition coefficient (Wildman–Crippen LogP) is 4.19. The Hall–Kier alpha value is -4.75. The molecule has 0 saturated carbocycles. The fraction of sp³-hybridized carbons (Fsp3) is 0.323. The monoisotopic (exact) mass is 545 g/mol. The number of rotatable bonds is 6. The van der Waals surface area contributed by atoms with Crippen LogP contribution in [0.1, 0.15) is 29.7 Å². The van der Waals surface area contributed by atoms with Crippen LogP contribution in [0, 0.1) is 11.3 Å². The van der Waals surface area contributed by atoms with Crippen molar-refractivity contribution in [3.63, 3.8) is 0 Å². The van der Waals surface area contributed by atoms with Gasteiger partial charge in [0, 0.05) is 86.3 Å². The zero-order valence-corrected chi connectivity index (χ0v) is 23.1. The van der Waals surface area contributed by atoms with Crippen LogP contribution >= 0.6 is 0 Å². The number of anilines is 1. The largest absolute Gasteiger partial charge is 0.481 e. The number of pyridine rings is 3. The van der Waals surface area contributed by atoms with Crippen LogP contribution in [-0.2, 0) is 19.5 Å². The van der Waals surface area contributed by atoms with E-state index >= 15 is 0 Å². The van der Waals surface area contributed by atoms with E-state index in [-0.39, 0.29) is 0 Å². The quantitative estimate of drug-likeness (QED) is 0.313. The van der Waals surface area contributed by atoms with Gasteiger partial charge in [-0.1, -0.05) is 6.07 Å². The number of aromatic nitrogens is 6. The molecule has 7 heterocycles. The van der Waals surface area contributed by atoms with Crippen molar-refractivity contribution in [2.75, 3.05) is 38.2 Å². The number of hydrogen-bond acceptors (Lipinski definition) is 8. The Balaban J connectivity index is 1.12. The lowest BCUT2D eigenvalue weighted by Crippen LogP contribution is -2.30. The molecule has 0 aromatic carbocycles. The molecular weight excluding hydrogens is 514 g/mol. The predicted molar refractivity (Wildman–Crippen MR) is 156 cm³/mol. The molecule has 2 aliphatic heterocycles. The van der Waals surface area contributed by atoms with Crippen molar-refractivity contribution < 1.29 is 4.74 Å². The summed E-state index contributed by atoms with van der Waals surface area (Å²) in [6.07, 6.45) is 10.7. The topological polar surface area (TPSA) is 100 Å². The van der Waals surface area contributed by atoms with Crippen LogP contribution in [-0.4, -0.2) is 67.6 Å². The highest BCUT2D eigenvalue weighted by Gasteiger charge is 2.20. The molecule has 10 heteroatoms. The molecule has 5 aromatic rings. The Bertz CT molecular complexity index is 1710. The lowest BCUT2D eigenvalue weighted by molar-refractivity contribution is 0.285. The summed E-state index contributed by atoms with van der Waals surface area (Å²) in [6.45, 7) is 5.67. The van der Waals surface area contributed by atoms with E-state index in [9.17, 15) is 5.26 Å². The molecular formula is C31H31N9O. The van der Waals surface area contributed by atoms with Gasteiger partial charge in [-0.05, 0) is 49.1 Å². The average molecular weight is 546 g/mol. The van der Waals surface area contributed by atoms with Gasteiger partial charge in [0.2, 0.25) is 5.88 Å². The van der Waals surface area contributed by atoms with Gasteiger partial charge in [0.25, 0.3) is 0 Å². The maximum Gasteiger partial charge on any atom is 0.212 e. The van der Waals surface area contributed by atoms with Crippen molar-refractivity contribution in [2.45, 2.75) is 32.4 Å². The summed E-state index contributed by atoms with van der Waals surface area (Å²) in [7, 11) is 1.64. The van der Waals surface area contributed by atoms with Crippen molar-refractivity contribution in [1.29, 1.82) is 5.26 Å². The molecule has 0 radical (unpaired) electrons. The first kappa shape index (κ1) is 25.2. The van der Waals surface area contributed by atoms with Gasteiger partial charge < -0.3 is 9.64 Å². The van der Waals surface area contributed by atoms with Crippen molar-refractivity contribution in [2.24, 2.45) is 0 Å². The summed E-state index contributed by atoms with van der Waals surface area (Å²) in [5, 5.41) is 19.1. The van der Waals surface area contributed by atoms with Crippen molar-refractivity contribution in [1.82, 2.24) is 34.3 Å². The second-order valence-electron chi connectivity index (χ2n) is 10.7.